The van der Waals surface area contributed by atoms with Gasteiger partial charge in [0, 0.05) is 24.3 Å². The molecule has 0 amide bonds. The zero-order valence-corrected chi connectivity index (χ0v) is 42.2. The molecule has 14 heteroatoms. The van der Waals surface area contributed by atoms with Gasteiger partial charge in [-0.1, -0.05) is 115 Å². The number of nitriles is 1. The Morgan fingerprint density at radius 3 is 1.78 bits per heavy atom. The van der Waals surface area contributed by atoms with Crippen LogP contribution in [0.4, 0.5) is 0 Å². The molecule has 0 radical (unpaired) electrons. The molecule has 8 aromatic rings. The molecule has 1 saturated heterocycles. The molecule has 13 nitrogen and oxygen atoms in total. The highest BCUT2D eigenvalue weighted by molar-refractivity contribution is 7.44. The van der Waals surface area contributed by atoms with Crippen molar-refractivity contribution in [3.05, 3.63) is 201 Å². The van der Waals surface area contributed by atoms with Gasteiger partial charge in [-0.05, 0) is 113 Å². The molecule has 5 atom stereocenters. The number of aromatic amines is 1. The summed E-state index contributed by atoms with van der Waals surface area (Å²) in [5.41, 5.74) is 0.850. The quantitative estimate of drug-likeness (QED) is 0.0337. The van der Waals surface area contributed by atoms with Crippen molar-refractivity contribution in [2.24, 2.45) is 0 Å². The number of rotatable bonds is 20. The van der Waals surface area contributed by atoms with Gasteiger partial charge in [0.1, 0.15) is 35.4 Å². The summed E-state index contributed by atoms with van der Waals surface area (Å²) in [5.74, 6) is 1.35. The molecule has 1 aromatic heterocycles. The minimum atomic E-state index is -1.89. The third-order valence-electron chi connectivity index (χ3n) is 13.2. The van der Waals surface area contributed by atoms with Gasteiger partial charge in [0.05, 0.1) is 46.5 Å². The van der Waals surface area contributed by atoms with Crippen LogP contribution in [0.25, 0.3) is 32.3 Å². The highest BCUT2D eigenvalue weighted by atomic mass is 31.2. The van der Waals surface area contributed by atoms with Gasteiger partial charge in [-0.25, -0.2) is 9.46 Å². The van der Waals surface area contributed by atoms with Crippen LogP contribution < -0.4 is 20.7 Å². The summed E-state index contributed by atoms with van der Waals surface area (Å²) >= 11 is 0. The largest absolute Gasteiger partial charge is 0.497 e. The lowest BCUT2D eigenvalue weighted by molar-refractivity contribution is -0.0988. The maximum atomic E-state index is 13.9. The normalized spacial score (nSPS) is 17.6. The Morgan fingerprint density at radius 2 is 1.24 bits per heavy atom. The number of hydrogen-bond acceptors (Lipinski definition) is 11. The van der Waals surface area contributed by atoms with Crippen molar-refractivity contribution in [1.82, 2.24) is 14.2 Å². The van der Waals surface area contributed by atoms with E-state index < -0.39 is 49.9 Å². The molecule has 1 unspecified atom stereocenters. The van der Waals surface area contributed by atoms with Gasteiger partial charge >= 0.3 is 5.69 Å². The Hall–Kier alpha value is -6.72. The van der Waals surface area contributed by atoms with E-state index in [1.165, 1.54) is 22.2 Å². The van der Waals surface area contributed by atoms with Gasteiger partial charge in [0.2, 0.25) is 0 Å². The highest BCUT2D eigenvalue weighted by Crippen LogP contribution is 2.51. The molecule has 9 rings (SSSR count). The van der Waals surface area contributed by atoms with Crippen LogP contribution in [0.5, 0.6) is 11.5 Å². The van der Waals surface area contributed by atoms with Crippen LogP contribution in [-0.2, 0) is 35.5 Å². The maximum absolute atomic E-state index is 13.9. The first-order valence-electron chi connectivity index (χ1n) is 24.2. The minimum Gasteiger partial charge on any atom is -0.497 e. The molecular weight excluding hydrogens is 928 g/mol. The number of nitrogens with zero attached hydrogens (tertiary/aromatic N) is 3. The number of benzene rings is 7. The van der Waals surface area contributed by atoms with Gasteiger partial charge in [-0.3, -0.25) is 14.3 Å². The van der Waals surface area contributed by atoms with Crippen molar-refractivity contribution in [3.8, 4) is 17.6 Å². The fourth-order valence-electron chi connectivity index (χ4n) is 9.92. The number of hydrogen-bond donors (Lipinski definition) is 1. The molecule has 2 heterocycles. The molecule has 1 fully saturated rings. The summed E-state index contributed by atoms with van der Waals surface area (Å²) in [6, 6.07) is 52.1. The van der Waals surface area contributed by atoms with Crippen LogP contribution in [0.3, 0.4) is 0 Å². The third kappa shape index (κ3) is 10.2. The average Bonchev–Trinajstić information content (AvgIpc) is 3.74. The second-order valence-corrected chi connectivity index (χ2v) is 19.7. The number of ether oxygens (including phenoxy) is 5. The van der Waals surface area contributed by atoms with Gasteiger partial charge in [-0.2, -0.15) is 5.26 Å². The monoisotopic (exact) mass is 986 g/mol. The molecule has 1 aliphatic rings. The topological polar surface area (TPSA) is 147 Å². The van der Waals surface area contributed by atoms with Gasteiger partial charge in [0.15, 0.2) is 6.23 Å². The molecule has 0 saturated carbocycles. The van der Waals surface area contributed by atoms with Crippen molar-refractivity contribution in [1.29, 1.82) is 5.26 Å². The summed E-state index contributed by atoms with van der Waals surface area (Å²) < 4.78 is 50.2. The van der Waals surface area contributed by atoms with E-state index in [1.54, 1.807) is 14.2 Å². The zero-order chi connectivity index (χ0) is 50.4. The van der Waals surface area contributed by atoms with Crippen LogP contribution in [0.2, 0.25) is 0 Å². The summed E-state index contributed by atoms with van der Waals surface area (Å²) in [7, 11) is 1.36. The average molecular weight is 987 g/mol. The molecule has 72 heavy (non-hydrogen) atoms. The van der Waals surface area contributed by atoms with Crippen molar-refractivity contribution in [2.75, 3.05) is 27.4 Å². The number of aromatic nitrogens is 2. The van der Waals surface area contributed by atoms with E-state index in [2.05, 4.69) is 110 Å². The molecule has 7 aromatic carbocycles. The number of fused-ring (bicyclic) bond motifs is 6. The Morgan fingerprint density at radius 1 is 0.694 bits per heavy atom. The Bertz CT molecular complexity index is 3190. The predicted octanol–water partition coefficient (Wildman–Crippen LogP) is 11.2. The number of H-pyrrole nitrogens is 1. The number of methoxy groups -OCH3 is 2. The van der Waals surface area contributed by atoms with Gasteiger partial charge < -0.3 is 32.7 Å². The first-order chi connectivity index (χ1) is 35.0. The van der Waals surface area contributed by atoms with Crippen LogP contribution in [-0.4, -0.2) is 72.1 Å². The fourth-order valence-corrected chi connectivity index (χ4v) is 11.7. The lowest BCUT2D eigenvalue weighted by Crippen LogP contribution is -2.43. The molecule has 1 N–H and O–H groups in total. The van der Waals surface area contributed by atoms with E-state index in [4.69, 9.17) is 32.7 Å². The van der Waals surface area contributed by atoms with Crippen molar-refractivity contribution in [2.45, 2.75) is 82.9 Å². The van der Waals surface area contributed by atoms with Crippen LogP contribution in [0.15, 0.2) is 167 Å². The van der Waals surface area contributed by atoms with Crippen molar-refractivity contribution in [3.63, 3.8) is 0 Å². The SMILES string of the molecule is COc1ccc(C(OC[C@H]2O[C@@H](n3ccc(=O)[nH]c3=O)[C@H](OCc3ccc4c5ccccc5c5ccccc5c4c3)[C@@H]2OP(OCCC#N)N(C(C)C)C(C)C)(c2ccccc2)c2ccc(OC)cc2)cc1. The predicted molar refractivity (Wildman–Crippen MR) is 281 cm³/mol. The molecule has 0 aliphatic carbocycles. The summed E-state index contributed by atoms with van der Waals surface area (Å²) in [5, 5.41) is 16.4. The lowest BCUT2D eigenvalue weighted by atomic mass is 9.80. The smallest absolute Gasteiger partial charge is 0.330 e. The summed E-state index contributed by atoms with van der Waals surface area (Å²) in [4.78, 5) is 28.9. The third-order valence-corrected chi connectivity index (χ3v) is 15.3. The summed E-state index contributed by atoms with van der Waals surface area (Å²) in [6.07, 6.45) is -2.41. The standard InChI is InChI=1S/C58H59N4O9P/c1-38(2)62(39(3)4)72(69-34-14-32-59)71-54-52(37-68-58(41-15-8-7-9-16-41,42-22-26-44(65-5)27-23-42)43-24-28-45(66-6)29-25-43)70-56(61-33-31-53(63)60-57(61)64)55(54)67-36-40-21-30-50-48-19-11-10-17-46(48)47-18-12-13-20-49(47)51(50)35-40/h7-13,15-31,33,35,38-39,52,54-56H,14,34,36-37H2,1-6H3,(H,60,63,64)/t52-,54-,55-,56-,72?/m1/s1. The fraction of sp³-hybridized carbons (Fsp3) is 0.293. The zero-order valence-electron chi connectivity index (χ0n) is 41.3. The molecule has 1 aliphatic heterocycles. The van der Waals surface area contributed by atoms with E-state index in [0.29, 0.717) is 11.5 Å². The van der Waals surface area contributed by atoms with Crippen molar-refractivity contribution < 1.29 is 32.7 Å². The lowest BCUT2D eigenvalue weighted by Gasteiger charge is -2.39. The van der Waals surface area contributed by atoms with E-state index in [0.717, 1.165) is 49.2 Å². The maximum Gasteiger partial charge on any atom is 0.330 e. The van der Waals surface area contributed by atoms with E-state index >= 15 is 0 Å². The van der Waals surface area contributed by atoms with Crippen LogP contribution in [0.1, 0.15) is 62.6 Å². The number of nitrogens with one attached hydrogen (secondary N) is 1. The molecular formula is C58H59N4O9P. The van der Waals surface area contributed by atoms with Crippen molar-refractivity contribution >= 4 is 40.8 Å². The Kier molecular flexibility index (Phi) is 15.6. The first-order valence-corrected chi connectivity index (χ1v) is 25.3. The minimum absolute atomic E-state index is 0.0356. The Labute approximate surface area is 420 Å². The van der Waals surface area contributed by atoms with Crippen LogP contribution >= 0.6 is 8.53 Å². The van der Waals surface area contributed by atoms with Gasteiger partial charge in [-0.15, -0.1) is 0 Å². The highest BCUT2D eigenvalue weighted by Gasteiger charge is 2.51. The molecule has 0 spiro atoms. The first kappa shape index (κ1) is 50.2. The molecule has 370 valence electrons. The van der Waals surface area contributed by atoms with E-state index in [9.17, 15) is 14.9 Å². The summed E-state index contributed by atoms with van der Waals surface area (Å²) in [6.45, 7) is 8.40. The molecule has 0 bridgehead atoms. The van der Waals surface area contributed by atoms with E-state index in [1.807, 2.05) is 78.9 Å². The second-order valence-electron chi connectivity index (χ2n) is 18.3. The van der Waals surface area contributed by atoms with E-state index in [-0.39, 0.29) is 38.3 Å². The van der Waals surface area contributed by atoms with Crippen LogP contribution in [0, 0.1) is 11.3 Å². The van der Waals surface area contributed by atoms with Gasteiger partial charge in [0.25, 0.3) is 14.1 Å². The Balaban J connectivity index is 1.18. The second kappa shape index (κ2) is 22.4.